The predicted octanol–water partition coefficient (Wildman–Crippen LogP) is 26.5. The molecule has 0 amide bonds. The molecule has 0 N–H and O–H groups in total. The monoisotopic (exact) mass is 1370 g/mol. The summed E-state index contributed by atoms with van der Waals surface area (Å²) in [5.74, 6) is 0.925. The lowest BCUT2D eigenvalue weighted by Crippen LogP contribution is -2.30. The van der Waals surface area contributed by atoms with E-state index in [1.807, 2.05) is 18.2 Å². The number of nitrogens with zero attached hydrogens (tertiary/aromatic N) is 3. The molecule has 13 aromatic carbocycles. The Kier molecular flexibility index (Phi) is 13.0. The van der Waals surface area contributed by atoms with Crippen molar-refractivity contribution in [2.45, 2.75) is 57.4 Å². The van der Waals surface area contributed by atoms with Gasteiger partial charge in [0.25, 0.3) is 0 Å². The van der Waals surface area contributed by atoms with E-state index >= 15 is 0 Å². The van der Waals surface area contributed by atoms with Gasteiger partial charge in [-0.3, -0.25) is 0 Å². The summed E-state index contributed by atoms with van der Waals surface area (Å²) in [6, 6.07) is 103. The number of aryl methyl sites for hydroxylation is 2. The van der Waals surface area contributed by atoms with Gasteiger partial charge in [0.15, 0.2) is 0 Å². The van der Waals surface area contributed by atoms with Gasteiger partial charge in [-0.25, -0.2) is 0 Å². The molecule has 5 heteroatoms. The van der Waals surface area contributed by atoms with Crippen molar-refractivity contribution in [2.24, 2.45) is 5.92 Å². The summed E-state index contributed by atoms with van der Waals surface area (Å²) in [6.07, 6.45) is 17.7. The molecule has 4 unspecified atom stereocenters. The van der Waals surface area contributed by atoms with Crippen molar-refractivity contribution < 1.29 is 8.83 Å². The molecular weight excluding hydrogens is 1300 g/mol. The van der Waals surface area contributed by atoms with Crippen molar-refractivity contribution in [3.05, 3.63) is 377 Å². The maximum Gasteiger partial charge on any atom is 0.136 e. The zero-order valence-corrected chi connectivity index (χ0v) is 59.4. The van der Waals surface area contributed by atoms with E-state index in [2.05, 4.69) is 326 Å². The Morgan fingerprint density at radius 1 is 0.458 bits per heavy atom. The molecule has 7 heterocycles. The third kappa shape index (κ3) is 9.04. The molecule has 0 spiro atoms. The molecule has 17 aromatic rings. The Balaban J connectivity index is 0.559. The molecule has 0 fully saturated rings. The number of fused-ring (bicyclic) bond motifs is 21. The number of hydrogen-bond acceptors (Lipinski definition) is 3. The van der Waals surface area contributed by atoms with Crippen molar-refractivity contribution in [3.63, 3.8) is 0 Å². The molecule has 0 saturated carbocycles. The second kappa shape index (κ2) is 23.0. The van der Waals surface area contributed by atoms with Gasteiger partial charge in [0.1, 0.15) is 22.3 Å². The maximum atomic E-state index is 6.81. The fraction of sp³-hybridized carbons (Fsp3) is 0.0980. The fourth-order valence-electron chi connectivity index (χ4n) is 19.9. The lowest BCUT2D eigenvalue weighted by Gasteiger charge is -2.29. The van der Waals surface area contributed by atoms with E-state index in [-0.39, 0.29) is 12.0 Å². The first-order valence-corrected chi connectivity index (χ1v) is 37.9. The Morgan fingerprint density at radius 2 is 1.14 bits per heavy atom. The van der Waals surface area contributed by atoms with Gasteiger partial charge < -0.3 is 22.9 Å². The van der Waals surface area contributed by atoms with Crippen molar-refractivity contribution in [3.8, 4) is 55.9 Å². The van der Waals surface area contributed by atoms with Crippen LogP contribution < -0.4 is 4.90 Å². The van der Waals surface area contributed by atoms with Gasteiger partial charge in [-0.05, 0) is 260 Å². The molecule has 107 heavy (non-hydrogen) atoms. The summed E-state index contributed by atoms with van der Waals surface area (Å²) in [5.41, 5.74) is 41.0. The number of hydrogen-bond donors (Lipinski definition) is 0. The molecule has 4 atom stereocenters. The van der Waals surface area contributed by atoms with Crippen LogP contribution in [0.2, 0.25) is 0 Å². The van der Waals surface area contributed by atoms with E-state index in [1.54, 1.807) is 0 Å². The van der Waals surface area contributed by atoms with Crippen LogP contribution in [0.1, 0.15) is 87.4 Å². The molecule has 6 aliphatic rings. The molecule has 0 saturated heterocycles. The molecule has 0 radical (unpaired) electrons. The van der Waals surface area contributed by atoms with Crippen LogP contribution in [0.3, 0.4) is 0 Å². The molecule has 0 bridgehead atoms. The van der Waals surface area contributed by atoms with Gasteiger partial charge in [0, 0.05) is 89.1 Å². The molecule has 23 rings (SSSR count). The van der Waals surface area contributed by atoms with Crippen LogP contribution in [-0.4, -0.2) is 15.2 Å². The van der Waals surface area contributed by atoms with E-state index in [1.165, 1.54) is 172 Å². The highest BCUT2D eigenvalue weighted by Gasteiger charge is 2.47. The first-order chi connectivity index (χ1) is 52.8. The predicted molar refractivity (Wildman–Crippen MR) is 445 cm³/mol. The van der Waals surface area contributed by atoms with E-state index in [0.717, 1.165) is 75.2 Å². The number of benzene rings is 13. The number of allylic oxidation sites excluding steroid dienone is 6. The minimum atomic E-state index is 0.225. The third-order valence-corrected chi connectivity index (χ3v) is 24.9. The van der Waals surface area contributed by atoms with Gasteiger partial charge in [0.05, 0.1) is 22.6 Å². The van der Waals surface area contributed by atoms with Crippen LogP contribution in [-0.2, 0) is 12.8 Å². The Morgan fingerprint density at radius 3 is 2.03 bits per heavy atom. The van der Waals surface area contributed by atoms with Gasteiger partial charge in [0.2, 0.25) is 0 Å². The highest BCUT2D eigenvalue weighted by molar-refractivity contribution is 6.15. The highest BCUT2D eigenvalue weighted by Crippen LogP contribution is 2.57. The minimum absolute atomic E-state index is 0.225. The van der Waals surface area contributed by atoms with Gasteiger partial charge in [-0.2, -0.15) is 0 Å². The zero-order chi connectivity index (χ0) is 70.4. The van der Waals surface area contributed by atoms with Crippen molar-refractivity contribution in [1.82, 2.24) is 9.13 Å². The van der Waals surface area contributed by atoms with E-state index in [4.69, 9.17) is 8.83 Å². The number of rotatable bonds is 11. The second-order valence-corrected chi connectivity index (χ2v) is 30.6. The van der Waals surface area contributed by atoms with E-state index in [9.17, 15) is 0 Å². The topological polar surface area (TPSA) is 39.4 Å². The fourth-order valence-corrected chi connectivity index (χ4v) is 19.9. The molecule has 3 aliphatic heterocycles. The normalized spacial score (nSPS) is 17.4. The zero-order valence-electron chi connectivity index (χ0n) is 59.4. The molecule has 4 aromatic heterocycles. The highest BCUT2D eigenvalue weighted by atomic mass is 16.3. The molecule has 506 valence electrons. The first kappa shape index (κ1) is 60.5. The summed E-state index contributed by atoms with van der Waals surface area (Å²) in [6.45, 7) is 8.52. The van der Waals surface area contributed by atoms with Crippen LogP contribution in [0.5, 0.6) is 0 Å². The smallest absolute Gasteiger partial charge is 0.136 e. The van der Waals surface area contributed by atoms with Gasteiger partial charge >= 0.3 is 0 Å². The number of furan rings is 2. The second-order valence-electron chi connectivity index (χ2n) is 30.6. The average molecular weight is 1370 g/mol. The number of para-hydroxylation sites is 3. The quantitative estimate of drug-likeness (QED) is 0.121. The molecular formula is C102H71N3O2. The van der Waals surface area contributed by atoms with Crippen molar-refractivity contribution in [1.29, 1.82) is 0 Å². The Hall–Kier alpha value is -13.0. The van der Waals surface area contributed by atoms with Crippen LogP contribution in [0, 0.1) is 12.8 Å². The first-order valence-electron chi connectivity index (χ1n) is 37.9. The van der Waals surface area contributed by atoms with Crippen LogP contribution in [0.25, 0.3) is 155 Å². The summed E-state index contributed by atoms with van der Waals surface area (Å²) < 4.78 is 18.1. The Bertz CT molecular complexity index is 6940. The average Bonchev–Trinajstić information content (AvgIpc) is 1.55. The summed E-state index contributed by atoms with van der Waals surface area (Å²) >= 11 is 0. The lowest BCUT2D eigenvalue weighted by molar-refractivity contribution is 0.616. The van der Waals surface area contributed by atoms with E-state index in [0.29, 0.717) is 11.8 Å². The van der Waals surface area contributed by atoms with Crippen molar-refractivity contribution in [2.75, 3.05) is 4.90 Å². The number of aromatic nitrogens is 2. The largest absolute Gasteiger partial charge is 0.456 e. The van der Waals surface area contributed by atoms with Crippen molar-refractivity contribution >= 4 is 105 Å². The van der Waals surface area contributed by atoms with Crippen LogP contribution >= 0.6 is 0 Å². The van der Waals surface area contributed by atoms with E-state index < -0.39 is 0 Å². The Labute approximate surface area is 620 Å². The third-order valence-electron chi connectivity index (χ3n) is 24.9. The minimum Gasteiger partial charge on any atom is -0.456 e. The number of anilines is 1. The SMILES string of the molecule is C=C/C=C\C1=C(C)C2C=C(c3ccc(CCC4Cc5ccccc5-c5cc(-c6ccc7oc8cccc(-c9ccc%10c(c9)c9c%11n%10-c%10ccccc%10C%11CC(c%10ccc(-n%11c%12ccccc%12c%12ccc(-c%13ccc%14oc%15ccccc%15c%14c%13)cc%12%11)cc%10)=C9)c8c7c6)ccc54)cc3)C=C3c4ccc(C)cc4N1C32. The standard InChI is InChI=1S/C102H71N3O2/c1-4-5-21-90-60(3)82-54-71(55-87-80-42-26-59(2)48-94(80)104(90)101(82)87)62-30-27-61(28-31-62)29-32-69-49-68-15-6-7-16-74(68)83-50-64(35-43-75(69)83)66-39-47-98-89(52-66)100-76(20-14-25-99(100)107-98)70-37-45-93-84(53-70)88-57-72(56-86-78-18-9-12-23-92(78)105(93)102(86)88)63-33-40-73(41-34-63)103-91-22-11-8-17-77(91)79-44-36-67(58-95(79)103)65-38-46-97-85(51-65)81-19-10-13-24-96(81)106-97/h4-28,30-31,33-48,50-55,57-58,69,82,86,101H,1,29,32,49,56H2,2-3H3/b21-5-. The molecule has 3 aliphatic carbocycles. The van der Waals surface area contributed by atoms with Crippen LogP contribution in [0.4, 0.5) is 5.69 Å². The van der Waals surface area contributed by atoms with Gasteiger partial charge in [-0.15, -0.1) is 0 Å². The lowest BCUT2D eigenvalue weighted by atomic mass is 9.75. The van der Waals surface area contributed by atoms with Crippen LogP contribution in [0.15, 0.2) is 330 Å². The molecule has 5 nitrogen and oxygen atoms in total. The summed E-state index contributed by atoms with van der Waals surface area (Å²) in [7, 11) is 0. The summed E-state index contributed by atoms with van der Waals surface area (Å²) in [4.78, 5) is 2.57. The summed E-state index contributed by atoms with van der Waals surface area (Å²) in [5, 5.41) is 8.28. The van der Waals surface area contributed by atoms with Gasteiger partial charge in [-0.1, -0.05) is 207 Å². The maximum absolute atomic E-state index is 6.81.